The molecule has 2 aliphatic heterocycles. The van der Waals surface area contributed by atoms with E-state index in [1.165, 1.54) is 19.4 Å². The lowest BCUT2D eigenvalue weighted by Crippen LogP contribution is -2.55. The molecule has 1 aliphatic carbocycles. The lowest BCUT2D eigenvalue weighted by Gasteiger charge is -2.46. The Kier molecular flexibility index (Phi) is 5.92. The first-order chi connectivity index (χ1) is 9.65. The van der Waals surface area contributed by atoms with E-state index in [1.54, 1.807) is 0 Å². The Morgan fingerprint density at radius 3 is 2.67 bits per heavy atom. The zero-order valence-corrected chi connectivity index (χ0v) is 14.0. The third-order valence-electron chi connectivity index (χ3n) is 5.72. The molecule has 0 aromatic heterocycles. The van der Waals surface area contributed by atoms with Gasteiger partial charge in [0.05, 0.1) is 0 Å². The summed E-state index contributed by atoms with van der Waals surface area (Å²) in [5.74, 6) is 1.30. The molecule has 2 saturated heterocycles. The molecular formula is C16H30ClN3O. The summed E-state index contributed by atoms with van der Waals surface area (Å²) < 4.78 is 0. The number of amides is 1. The standard InChI is InChI=1S/C16H29N3O.ClH/c1-18-8-3-5-13-11-19(9-7-15(13)18)16(20)12-4-2-6-14(17)10-12;/h12-15H,2-11,17H2,1H3;1H. The third kappa shape index (κ3) is 3.72. The van der Waals surface area contributed by atoms with Gasteiger partial charge in [-0.15, -0.1) is 12.4 Å². The smallest absolute Gasteiger partial charge is 0.225 e. The molecule has 4 atom stereocenters. The SMILES string of the molecule is CN1CCCC2CN(C(=O)C3CCCC(N)C3)CCC21.Cl. The molecule has 21 heavy (non-hydrogen) atoms. The molecule has 4 nitrogen and oxygen atoms in total. The van der Waals surface area contributed by atoms with Crippen LogP contribution in [0.25, 0.3) is 0 Å². The predicted octanol–water partition coefficient (Wildman–Crippen LogP) is 1.87. The molecule has 122 valence electrons. The van der Waals surface area contributed by atoms with Crippen LogP contribution in [0.5, 0.6) is 0 Å². The number of hydrogen-bond donors (Lipinski definition) is 1. The number of fused-ring (bicyclic) bond motifs is 1. The fourth-order valence-electron chi connectivity index (χ4n) is 4.56. The van der Waals surface area contributed by atoms with Gasteiger partial charge in [-0.2, -0.15) is 0 Å². The second-order valence-electron chi connectivity index (χ2n) is 7.15. The monoisotopic (exact) mass is 315 g/mol. The molecule has 0 aromatic carbocycles. The number of nitrogens with two attached hydrogens (primary N) is 1. The Hall–Kier alpha value is -0.320. The fraction of sp³-hybridized carbons (Fsp3) is 0.938. The van der Waals surface area contributed by atoms with Gasteiger partial charge in [0.15, 0.2) is 0 Å². The van der Waals surface area contributed by atoms with Crippen molar-refractivity contribution in [2.24, 2.45) is 17.6 Å². The molecule has 1 saturated carbocycles. The number of rotatable bonds is 1. The fourth-order valence-corrected chi connectivity index (χ4v) is 4.56. The van der Waals surface area contributed by atoms with Crippen LogP contribution in [0.3, 0.4) is 0 Å². The summed E-state index contributed by atoms with van der Waals surface area (Å²) in [6.07, 6.45) is 7.92. The van der Waals surface area contributed by atoms with E-state index in [0.717, 1.165) is 45.2 Å². The van der Waals surface area contributed by atoms with Crippen LogP contribution in [0.4, 0.5) is 0 Å². The molecule has 2 heterocycles. The van der Waals surface area contributed by atoms with Crippen molar-refractivity contribution in [3.63, 3.8) is 0 Å². The highest BCUT2D eigenvalue weighted by atomic mass is 35.5. The Morgan fingerprint density at radius 1 is 1.10 bits per heavy atom. The highest BCUT2D eigenvalue weighted by molar-refractivity contribution is 5.85. The quantitative estimate of drug-likeness (QED) is 0.803. The molecule has 5 heteroatoms. The van der Waals surface area contributed by atoms with Crippen molar-refractivity contribution < 1.29 is 4.79 Å². The van der Waals surface area contributed by atoms with E-state index in [-0.39, 0.29) is 24.4 Å². The summed E-state index contributed by atoms with van der Waals surface area (Å²) in [6.45, 7) is 3.17. The first-order valence-corrected chi connectivity index (χ1v) is 8.39. The van der Waals surface area contributed by atoms with Crippen molar-refractivity contribution in [3.8, 4) is 0 Å². The van der Waals surface area contributed by atoms with Gasteiger partial charge in [-0.25, -0.2) is 0 Å². The maximum Gasteiger partial charge on any atom is 0.225 e. The van der Waals surface area contributed by atoms with Gasteiger partial charge in [0.25, 0.3) is 0 Å². The van der Waals surface area contributed by atoms with Crippen molar-refractivity contribution in [1.29, 1.82) is 0 Å². The number of likely N-dealkylation sites (tertiary alicyclic amines) is 2. The molecule has 0 bridgehead atoms. The second kappa shape index (κ2) is 7.30. The number of hydrogen-bond acceptors (Lipinski definition) is 3. The normalized spacial score (nSPS) is 37.5. The van der Waals surface area contributed by atoms with Gasteiger partial charge in [0.1, 0.15) is 0 Å². The zero-order valence-electron chi connectivity index (χ0n) is 13.2. The Bertz CT molecular complexity index is 365. The first-order valence-electron chi connectivity index (χ1n) is 8.39. The summed E-state index contributed by atoms with van der Waals surface area (Å²) >= 11 is 0. The van der Waals surface area contributed by atoms with E-state index in [2.05, 4.69) is 16.8 Å². The summed E-state index contributed by atoms with van der Waals surface area (Å²) in [6, 6.07) is 0.956. The van der Waals surface area contributed by atoms with Crippen LogP contribution >= 0.6 is 12.4 Å². The maximum atomic E-state index is 12.7. The molecule has 0 spiro atoms. The van der Waals surface area contributed by atoms with Crippen LogP contribution in [0.15, 0.2) is 0 Å². The number of halogens is 1. The van der Waals surface area contributed by atoms with Gasteiger partial charge in [-0.1, -0.05) is 6.42 Å². The molecule has 3 rings (SSSR count). The van der Waals surface area contributed by atoms with Crippen molar-refractivity contribution in [2.75, 3.05) is 26.7 Å². The molecular weight excluding hydrogens is 286 g/mol. The Labute approximate surface area is 134 Å². The van der Waals surface area contributed by atoms with Gasteiger partial charge in [0.2, 0.25) is 5.91 Å². The average molecular weight is 316 g/mol. The number of carbonyl (C=O) groups is 1. The van der Waals surface area contributed by atoms with Crippen LogP contribution in [-0.4, -0.2) is 54.5 Å². The molecule has 0 radical (unpaired) electrons. The maximum absolute atomic E-state index is 12.7. The van der Waals surface area contributed by atoms with Crippen LogP contribution in [0.2, 0.25) is 0 Å². The molecule has 3 aliphatic rings. The van der Waals surface area contributed by atoms with Gasteiger partial charge in [0, 0.05) is 31.1 Å². The number of nitrogens with zero attached hydrogens (tertiary/aromatic N) is 2. The first kappa shape index (κ1) is 17.0. The molecule has 4 unspecified atom stereocenters. The predicted molar refractivity (Wildman–Crippen MR) is 87.5 cm³/mol. The van der Waals surface area contributed by atoms with Crippen molar-refractivity contribution in [1.82, 2.24) is 9.80 Å². The zero-order chi connectivity index (χ0) is 14.1. The van der Waals surface area contributed by atoms with Crippen LogP contribution < -0.4 is 5.73 Å². The summed E-state index contributed by atoms with van der Waals surface area (Å²) in [7, 11) is 2.24. The van der Waals surface area contributed by atoms with E-state index in [0.29, 0.717) is 17.9 Å². The summed E-state index contributed by atoms with van der Waals surface area (Å²) in [5.41, 5.74) is 6.04. The van der Waals surface area contributed by atoms with Crippen LogP contribution in [0, 0.1) is 11.8 Å². The van der Waals surface area contributed by atoms with Gasteiger partial charge >= 0.3 is 0 Å². The molecule has 0 aromatic rings. The van der Waals surface area contributed by atoms with E-state index in [1.807, 2.05) is 0 Å². The highest BCUT2D eigenvalue weighted by Gasteiger charge is 2.37. The molecule has 3 fully saturated rings. The van der Waals surface area contributed by atoms with E-state index in [4.69, 9.17) is 5.73 Å². The number of carbonyl (C=O) groups excluding carboxylic acids is 1. The van der Waals surface area contributed by atoms with E-state index < -0.39 is 0 Å². The Morgan fingerprint density at radius 2 is 1.90 bits per heavy atom. The largest absolute Gasteiger partial charge is 0.342 e. The molecule has 2 N–H and O–H groups in total. The second-order valence-corrected chi connectivity index (χ2v) is 7.15. The molecule has 1 amide bonds. The van der Waals surface area contributed by atoms with Crippen LogP contribution in [-0.2, 0) is 4.79 Å². The van der Waals surface area contributed by atoms with Crippen molar-refractivity contribution >= 4 is 18.3 Å². The average Bonchev–Trinajstić information content (AvgIpc) is 2.46. The van der Waals surface area contributed by atoms with E-state index in [9.17, 15) is 4.79 Å². The lowest BCUT2D eigenvalue weighted by atomic mass is 9.82. The van der Waals surface area contributed by atoms with Gasteiger partial charge < -0.3 is 15.5 Å². The van der Waals surface area contributed by atoms with Crippen LogP contribution in [0.1, 0.15) is 44.9 Å². The minimum atomic E-state index is 0. The summed E-state index contributed by atoms with van der Waals surface area (Å²) in [4.78, 5) is 17.4. The number of piperidine rings is 2. The van der Waals surface area contributed by atoms with Crippen molar-refractivity contribution in [2.45, 2.75) is 57.0 Å². The highest BCUT2D eigenvalue weighted by Crippen LogP contribution is 2.32. The van der Waals surface area contributed by atoms with Gasteiger partial charge in [-0.05, 0) is 58.0 Å². The topological polar surface area (TPSA) is 49.6 Å². The minimum absolute atomic E-state index is 0. The minimum Gasteiger partial charge on any atom is -0.342 e. The van der Waals surface area contributed by atoms with E-state index >= 15 is 0 Å². The van der Waals surface area contributed by atoms with Gasteiger partial charge in [-0.3, -0.25) is 4.79 Å². The van der Waals surface area contributed by atoms with Crippen molar-refractivity contribution in [3.05, 3.63) is 0 Å². The summed E-state index contributed by atoms with van der Waals surface area (Å²) in [5, 5.41) is 0. The lowest BCUT2D eigenvalue weighted by molar-refractivity contribution is -0.140. The Balaban J connectivity index is 0.00000161. The third-order valence-corrected chi connectivity index (χ3v) is 5.72.